The second-order valence-corrected chi connectivity index (χ2v) is 10.3. The van der Waals surface area contributed by atoms with E-state index >= 15 is 0 Å². The molecule has 0 spiro atoms. The molecule has 0 saturated carbocycles. The molecule has 1 heterocycles. The van der Waals surface area contributed by atoms with E-state index in [0.717, 1.165) is 0 Å². The van der Waals surface area contributed by atoms with Crippen LogP contribution < -0.4 is 32.7 Å². The molecule has 0 bridgehead atoms. The summed E-state index contributed by atoms with van der Waals surface area (Å²) in [5.74, 6) is -5.59. The number of aliphatic imine (C=N–C) groups is 1. The van der Waals surface area contributed by atoms with Crippen molar-refractivity contribution >= 4 is 41.5 Å². The van der Waals surface area contributed by atoms with Crippen LogP contribution in [-0.2, 0) is 35.2 Å². The summed E-state index contributed by atoms with van der Waals surface area (Å²) in [5.41, 5.74) is 11.4. The van der Waals surface area contributed by atoms with Crippen molar-refractivity contribution in [3.8, 4) is 0 Å². The molecule has 1 aromatic rings. The van der Waals surface area contributed by atoms with E-state index in [2.05, 4.69) is 26.3 Å². The summed E-state index contributed by atoms with van der Waals surface area (Å²) in [6, 6.07) is 3.88. The fourth-order valence-corrected chi connectivity index (χ4v) is 4.38. The number of carbonyl (C=O) groups is 6. The molecule has 0 radical (unpaired) electrons. The topological polar surface area (TPSA) is 238 Å². The van der Waals surface area contributed by atoms with Gasteiger partial charge in [0, 0.05) is 20.0 Å². The van der Waals surface area contributed by atoms with E-state index in [1.165, 1.54) is 11.9 Å². The number of nitrogens with one attached hydrogen (secondary N) is 4. The number of guanidine groups is 1. The minimum Gasteiger partial charge on any atom is -0.481 e. The number of hydrogen-bond acceptors (Lipinski definition) is 7. The van der Waals surface area contributed by atoms with Crippen LogP contribution in [0.15, 0.2) is 35.3 Å². The largest absolute Gasteiger partial charge is 0.481 e. The maximum absolute atomic E-state index is 13.7. The first-order valence-corrected chi connectivity index (χ1v) is 13.6. The third-order valence-electron chi connectivity index (χ3n) is 6.65. The second kappa shape index (κ2) is 15.9. The van der Waals surface area contributed by atoms with Gasteiger partial charge in [0.05, 0.1) is 13.0 Å². The highest BCUT2D eigenvalue weighted by atomic mass is 16.4. The van der Waals surface area contributed by atoms with E-state index in [-0.39, 0.29) is 25.3 Å². The molecule has 15 heteroatoms. The summed E-state index contributed by atoms with van der Waals surface area (Å²) in [5, 5.41) is 19.3. The van der Waals surface area contributed by atoms with Gasteiger partial charge in [-0.1, -0.05) is 44.2 Å². The van der Waals surface area contributed by atoms with Crippen LogP contribution in [0.1, 0.15) is 38.7 Å². The van der Waals surface area contributed by atoms with E-state index in [1.54, 1.807) is 44.2 Å². The smallest absolute Gasteiger partial charge is 0.305 e. The van der Waals surface area contributed by atoms with Crippen molar-refractivity contribution in [3.63, 3.8) is 0 Å². The quantitative estimate of drug-likeness (QED) is 0.0942. The lowest BCUT2D eigenvalue weighted by Gasteiger charge is -2.33. The van der Waals surface area contributed by atoms with Crippen molar-refractivity contribution in [3.05, 3.63) is 35.9 Å². The molecule has 0 aromatic heterocycles. The molecule has 15 nitrogen and oxygen atoms in total. The Morgan fingerprint density at radius 3 is 2.24 bits per heavy atom. The zero-order valence-corrected chi connectivity index (χ0v) is 24.0. The molecule has 1 aliphatic rings. The molecule has 2 rings (SSSR count). The van der Waals surface area contributed by atoms with Crippen LogP contribution in [0.2, 0.25) is 0 Å². The van der Waals surface area contributed by atoms with Crippen molar-refractivity contribution in [1.29, 1.82) is 0 Å². The molecule has 4 atom stereocenters. The number of aliphatic carboxylic acids is 1. The lowest BCUT2D eigenvalue weighted by Crippen LogP contribution is -2.59. The number of nitrogens with two attached hydrogens (primary N) is 2. The molecule has 1 aromatic carbocycles. The van der Waals surface area contributed by atoms with Crippen LogP contribution in [0.3, 0.4) is 0 Å². The standard InChI is InChI=1S/C27H40N8O7/c1-15(2)22-26(42)35(3)19(10-7-11-30-27(28)29)25(41)31-14-20(36)32-18(13-21(37)38)23(39)33-17(24(40)34-22)12-16-8-5-4-6-9-16/h4-6,8-9,15,17-19,22H,7,10-14H2,1-3H3,(H,31,41)(H,32,36)(H,33,39)(H,34,40)(H,37,38)(H4,28,29,30)/t17-,18-,19+,22-/m1/s1. The number of carboxylic acids is 1. The number of benzene rings is 1. The molecular formula is C27H40N8O7. The van der Waals surface area contributed by atoms with E-state index in [4.69, 9.17) is 11.5 Å². The van der Waals surface area contributed by atoms with Crippen LogP contribution in [0, 0.1) is 5.92 Å². The van der Waals surface area contributed by atoms with Crippen molar-refractivity contribution in [2.45, 2.75) is 63.7 Å². The van der Waals surface area contributed by atoms with E-state index < -0.39 is 78.6 Å². The van der Waals surface area contributed by atoms with Crippen LogP contribution in [0.4, 0.5) is 0 Å². The summed E-state index contributed by atoms with van der Waals surface area (Å²) in [7, 11) is 1.42. The lowest BCUT2D eigenvalue weighted by atomic mass is 9.99. The van der Waals surface area contributed by atoms with Crippen LogP contribution in [-0.4, -0.2) is 95.8 Å². The highest BCUT2D eigenvalue weighted by Crippen LogP contribution is 2.14. The lowest BCUT2D eigenvalue weighted by molar-refractivity contribution is -0.143. The average Bonchev–Trinajstić information content (AvgIpc) is 2.92. The fourth-order valence-electron chi connectivity index (χ4n) is 4.38. The third-order valence-corrected chi connectivity index (χ3v) is 6.65. The monoisotopic (exact) mass is 588 g/mol. The number of likely N-dealkylation sites (N-methyl/N-ethyl adjacent to an activating group) is 1. The number of amides is 5. The zero-order chi connectivity index (χ0) is 31.4. The molecule has 0 aliphatic carbocycles. The number of nitrogens with zero attached hydrogens (tertiary/aromatic N) is 2. The molecule has 230 valence electrons. The van der Waals surface area contributed by atoms with Gasteiger partial charge in [0.25, 0.3) is 0 Å². The van der Waals surface area contributed by atoms with Gasteiger partial charge in [-0.2, -0.15) is 0 Å². The summed E-state index contributed by atoms with van der Waals surface area (Å²) in [4.78, 5) is 82.8. The summed E-state index contributed by atoms with van der Waals surface area (Å²) in [6.45, 7) is 3.03. The molecule has 1 aliphatic heterocycles. The van der Waals surface area contributed by atoms with Crippen molar-refractivity contribution in [2.75, 3.05) is 20.1 Å². The Morgan fingerprint density at radius 2 is 1.64 bits per heavy atom. The number of carboxylic acid groups (broad SMARTS) is 1. The predicted octanol–water partition coefficient (Wildman–Crippen LogP) is -2.18. The first-order chi connectivity index (χ1) is 19.8. The van der Waals surface area contributed by atoms with Gasteiger partial charge in [-0.3, -0.25) is 33.8 Å². The molecule has 42 heavy (non-hydrogen) atoms. The van der Waals surface area contributed by atoms with Gasteiger partial charge in [-0.25, -0.2) is 0 Å². The van der Waals surface area contributed by atoms with Crippen LogP contribution >= 0.6 is 0 Å². The maximum atomic E-state index is 13.7. The summed E-state index contributed by atoms with van der Waals surface area (Å²) >= 11 is 0. The van der Waals surface area contributed by atoms with Gasteiger partial charge in [-0.05, 0) is 24.3 Å². The van der Waals surface area contributed by atoms with Gasteiger partial charge < -0.3 is 42.7 Å². The summed E-state index contributed by atoms with van der Waals surface area (Å²) in [6.07, 6.45) is -0.302. The predicted molar refractivity (Wildman–Crippen MR) is 153 cm³/mol. The van der Waals surface area contributed by atoms with Crippen molar-refractivity contribution in [2.24, 2.45) is 22.4 Å². The molecular weight excluding hydrogens is 548 g/mol. The molecule has 0 unspecified atom stereocenters. The Hall–Kier alpha value is -4.69. The van der Waals surface area contributed by atoms with Crippen LogP contribution in [0.25, 0.3) is 0 Å². The number of hydrogen-bond donors (Lipinski definition) is 7. The minimum absolute atomic E-state index is 0.0223. The van der Waals surface area contributed by atoms with Crippen molar-refractivity contribution < 1.29 is 33.9 Å². The van der Waals surface area contributed by atoms with Gasteiger partial charge >= 0.3 is 5.97 Å². The third kappa shape index (κ3) is 10.4. The van der Waals surface area contributed by atoms with Gasteiger partial charge in [0.2, 0.25) is 29.5 Å². The fraction of sp³-hybridized carbons (Fsp3) is 0.519. The molecule has 5 amide bonds. The normalized spacial score (nSPS) is 22.7. The van der Waals surface area contributed by atoms with Crippen molar-refractivity contribution in [1.82, 2.24) is 26.2 Å². The minimum atomic E-state index is -1.54. The number of carbonyl (C=O) groups excluding carboxylic acids is 5. The van der Waals surface area contributed by atoms with Gasteiger partial charge in [0.1, 0.15) is 24.2 Å². The number of rotatable bonds is 9. The first kappa shape index (κ1) is 33.5. The molecule has 9 N–H and O–H groups in total. The highest BCUT2D eigenvalue weighted by Gasteiger charge is 2.36. The molecule has 1 fully saturated rings. The zero-order valence-electron chi connectivity index (χ0n) is 24.0. The Morgan fingerprint density at radius 1 is 1.00 bits per heavy atom. The van der Waals surface area contributed by atoms with E-state index in [1.807, 2.05) is 0 Å². The molecule has 1 saturated heterocycles. The average molecular weight is 589 g/mol. The van der Waals surface area contributed by atoms with Gasteiger partial charge in [0.15, 0.2) is 5.96 Å². The SMILES string of the molecule is CC(C)[C@H]1NC(=O)[C@@H](Cc2ccccc2)NC(=O)[C@@H](CC(=O)O)NC(=O)CNC(=O)[C@H](CCCN=C(N)N)N(C)C1=O. The summed E-state index contributed by atoms with van der Waals surface area (Å²) < 4.78 is 0. The Balaban J connectivity index is 2.49. The van der Waals surface area contributed by atoms with Gasteiger partial charge in [-0.15, -0.1) is 0 Å². The maximum Gasteiger partial charge on any atom is 0.305 e. The highest BCUT2D eigenvalue weighted by molar-refractivity contribution is 5.98. The Labute approximate surface area is 243 Å². The van der Waals surface area contributed by atoms with E-state index in [0.29, 0.717) is 12.0 Å². The Bertz CT molecular complexity index is 1170. The van der Waals surface area contributed by atoms with Crippen LogP contribution in [0.5, 0.6) is 0 Å². The van der Waals surface area contributed by atoms with E-state index in [9.17, 15) is 33.9 Å². The second-order valence-electron chi connectivity index (χ2n) is 10.3. The first-order valence-electron chi connectivity index (χ1n) is 13.6. The Kier molecular flexibility index (Phi) is 12.7.